The number of fused-ring (bicyclic) bond motifs is 1. The van der Waals surface area contributed by atoms with Gasteiger partial charge in [0, 0.05) is 11.6 Å². The fourth-order valence-electron chi connectivity index (χ4n) is 3.94. The molecular formula is C19H26N2. The molecule has 1 fully saturated rings. The molecule has 1 aliphatic carbocycles. The van der Waals surface area contributed by atoms with Crippen LogP contribution in [0.2, 0.25) is 0 Å². The lowest BCUT2D eigenvalue weighted by Crippen LogP contribution is -2.33. The summed E-state index contributed by atoms with van der Waals surface area (Å²) < 4.78 is 0. The monoisotopic (exact) mass is 282 g/mol. The van der Waals surface area contributed by atoms with Crippen LogP contribution < -0.4 is 5.32 Å². The summed E-state index contributed by atoms with van der Waals surface area (Å²) in [6.07, 6.45) is 5.82. The largest absolute Gasteiger partial charge is 0.319 e. The molecule has 1 aromatic carbocycles. The van der Waals surface area contributed by atoms with E-state index in [1.807, 2.05) is 12.3 Å². The highest BCUT2D eigenvalue weighted by Crippen LogP contribution is 2.47. The number of aromatic nitrogens is 1. The van der Waals surface area contributed by atoms with Crippen molar-refractivity contribution in [1.29, 1.82) is 0 Å². The molecule has 2 aromatic rings. The van der Waals surface area contributed by atoms with Gasteiger partial charge in [0.2, 0.25) is 0 Å². The lowest BCUT2D eigenvalue weighted by molar-refractivity contribution is 0.162. The molecular weight excluding hydrogens is 256 g/mol. The zero-order chi connectivity index (χ0) is 14.9. The first kappa shape index (κ1) is 14.5. The highest BCUT2D eigenvalue weighted by molar-refractivity contribution is 5.82. The Bertz CT molecular complexity index is 612. The Hall–Kier alpha value is -1.41. The van der Waals surface area contributed by atoms with Crippen LogP contribution in [0, 0.1) is 11.3 Å². The summed E-state index contributed by atoms with van der Waals surface area (Å²) in [6, 6.07) is 10.9. The van der Waals surface area contributed by atoms with Gasteiger partial charge in [-0.2, -0.15) is 0 Å². The van der Waals surface area contributed by atoms with Crippen molar-refractivity contribution in [2.45, 2.75) is 39.0 Å². The van der Waals surface area contributed by atoms with Gasteiger partial charge in [0.25, 0.3) is 0 Å². The minimum atomic E-state index is 0.436. The third kappa shape index (κ3) is 2.96. The molecule has 2 atom stereocenters. The Kier molecular flexibility index (Phi) is 3.99. The van der Waals surface area contributed by atoms with E-state index in [4.69, 9.17) is 0 Å². The normalized spacial score (nSPS) is 25.1. The van der Waals surface area contributed by atoms with Crippen molar-refractivity contribution in [3.63, 3.8) is 0 Å². The molecule has 2 heteroatoms. The topological polar surface area (TPSA) is 24.9 Å². The molecule has 1 aliphatic rings. The van der Waals surface area contributed by atoms with Crippen LogP contribution in [-0.4, -0.2) is 18.6 Å². The average Bonchev–Trinajstić information content (AvgIpc) is 2.48. The van der Waals surface area contributed by atoms with Gasteiger partial charge in [-0.1, -0.05) is 38.1 Å². The van der Waals surface area contributed by atoms with Crippen LogP contribution in [0.15, 0.2) is 36.5 Å². The summed E-state index contributed by atoms with van der Waals surface area (Å²) in [5.41, 5.74) is 3.08. The van der Waals surface area contributed by atoms with Crippen molar-refractivity contribution >= 4 is 10.9 Å². The molecule has 2 unspecified atom stereocenters. The van der Waals surface area contributed by atoms with E-state index < -0.39 is 0 Å². The van der Waals surface area contributed by atoms with Gasteiger partial charge in [-0.25, -0.2) is 0 Å². The molecule has 1 heterocycles. The molecule has 0 aliphatic heterocycles. The van der Waals surface area contributed by atoms with E-state index in [0.29, 0.717) is 11.3 Å². The maximum absolute atomic E-state index is 4.68. The fraction of sp³-hybridized carbons (Fsp3) is 0.526. The third-order valence-electron chi connectivity index (χ3n) is 5.06. The Morgan fingerprint density at radius 1 is 1.24 bits per heavy atom. The van der Waals surface area contributed by atoms with Crippen LogP contribution in [0.4, 0.5) is 0 Å². The lowest BCUT2D eigenvalue weighted by Gasteiger charge is -2.41. The molecule has 1 N–H and O–H groups in total. The predicted octanol–water partition coefficient (Wildman–Crippen LogP) is 4.36. The van der Waals surface area contributed by atoms with Gasteiger partial charge in [0.15, 0.2) is 0 Å². The number of nitrogens with one attached hydrogen (secondary N) is 1. The highest BCUT2D eigenvalue weighted by atomic mass is 14.8. The van der Waals surface area contributed by atoms with E-state index >= 15 is 0 Å². The quantitative estimate of drug-likeness (QED) is 0.904. The number of hydrogen-bond acceptors (Lipinski definition) is 2. The van der Waals surface area contributed by atoms with Crippen molar-refractivity contribution in [3.8, 4) is 0 Å². The molecule has 1 saturated carbocycles. The smallest absolute Gasteiger partial charge is 0.0736 e. The van der Waals surface area contributed by atoms with E-state index in [2.05, 4.69) is 55.5 Å². The fourth-order valence-corrected chi connectivity index (χ4v) is 3.94. The minimum Gasteiger partial charge on any atom is -0.319 e. The molecule has 21 heavy (non-hydrogen) atoms. The first-order valence-electron chi connectivity index (χ1n) is 8.09. The molecule has 0 saturated heterocycles. The standard InChI is InChI=1S/C19H26N2/c1-19(2)10-9-15(13-20-3)17(12-19)16-8-4-6-14-7-5-11-21-18(14)16/h4-8,11,15,17,20H,9-10,12-13H2,1-3H3. The van der Waals surface area contributed by atoms with E-state index in [1.54, 1.807) is 0 Å². The van der Waals surface area contributed by atoms with Crippen LogP contribution in [0.3, 0.4) is 0 Å². The SMILES string of the molecule is CNCC1CCC(C)(C)CC1c1cccc2cccnc12. The number of hydrogen-bond donors (Lipinski definition) is 1. The molecule has 0 amide bonds. The van der Waals surface area contributed by atoms with Crippen LogP contribution >= 0.6 is 0 Å². The molecule has 2 nitrogen and oxygen atoms in total. The van der Waals surface area contributed by atoms with Crippen molar-refractivity contribution in [3.05, 3.63) is 42.1 Å². The van der Waals surface area contributed by atoms with Gasteiger partial charge in [-0.05, 0) is 61.7 Å². The third-order valence-corrected chi connectivity index (χ3v) is 5.06. The maximum atomic E-state index is 4.68. The van der Waals surface area contributed by atoms with Crippen LogP contribution in [0.25, 0.3) is 10.9 Å². The van der Waals surface area contributed by atoms with Crippen LogP contribution in [0.5, 0.6) is 0 Å². The number of para-hydroxylation sites is 1. The summed E-state index contributed by atoms with van der Waals surface area (Å²) in [6.45, 7) is 5.92. The number of nitrogens with zero attached hydrogens (tertiary/aromatic N) is 1. The molecule has 0 bridgehead atoms. The molecule has 1 aromatic heterocycles. The molecule has 3 rings (SSSR count). The van der Waals surface area contributed by atoms with E-state index in [1.165, 1.54) is 35.7 Å². The van der Waals surface area contributed by atoms with Crippen molar-refractivity contribution in [2.24, 2.45) is 11.3 Å². The van der Waals surface area contributed by atoms with Gasteiger partial charge in [0.05, 0.1) is 5.52 Å². The first-order chi connectivity index (χ1) is 10.1. The predicted molar refractivity (Wildman–Crippen MR) is 89.5 cm³/mol. The van der Waals surface area contributed by atoms with Gasteiger partial charge in [0.1, 0.15) is 0 Å². The Morgan fingerprint density at radius 2 is 2.05 bits per heavy atom. The van der Waals surface area contributed by atoms with Crippen molar-refractivity contribution in [1.82, 2.24) is 10.3 Å². The molecule has 0 spiro atoms. The summed E-state index contributed by atoms with van der Waals surface area (Å²) in [4.78, 5) is 4.68. The van der Waals surface area contributed by atoms with Crippen molar-refractivity contribution < 1.29 is 0 Å². The second-order valence-corrected chi connectivity index (χ2v) is 7.25. The number of rotatable bonds is 3. The van der Waals surface area contributed by atoms with Gasteiger partial charge in [-0.3, -0.25) is 4.98 Å². The van der Waals surface area contributed by atoms with Crippen LogP contribution in [0.1, 0.15) is 44.6 Å². The zero-order valence-corrected chi connectivity index (χ0v) is 13.4. The van der Waals surface area contributed by atoms with Crippen molar-refractivity contribution in [2.75, 3.05) is 13.6 Å². The van der Waals surface area contributed by atoms with E-state index in [0.717, 1.165) is 12.5 Å². The summed E-state index contributed by atoms with van der Waals surface area (Å²) in [7, 11) is 2.07. The number of pyridine rings is 1. The van der Waals surface area contributed by atoms with E-state index in [9.17, 15) is 0 Å². The second-order valence-electron chi connectivity index (χ2n) is 7.25. The first-order valence-corrected chi connectivity index (χ1v) is 8.09. The minimum absolute atomic E-state index is 0.436. The average molecular weight is 282 g/mol. The maximum Gasteiger partial charge on any atom is 0.0736 e. The molecule has 0 radical (unpaired) electrons. The van der Waals surface area contributed by atoms with Crippen LogP contribution in [-0.2, 0) is 0 Å². The second kappa shape index (κ2) is 5.76. The Labute approximate surface area is 128 Å². The summed E-state index contributed by atoms with van der Waals surface area (Å²) >= 11 is 0. The summed E-state index contributed by atoms with van der Waals surface area (Å²) in [5, 5.41) is 4.66. The van der Waals surface area contributed by atoms with Gasteiger partial charge in [-0.15, -0.1) is 0 Å². The van der Waals surface area contributed by atoms with Gasteiger partial charge >= 0.3 is 0 Å². The Balaban J connectivity index is 2.04. The highest BCUT2D eigenvalue weighted by Gasteiger charge is 2.36. The molecule has 112 valence electrons. The van der Waals surface area contributed by atoms with E-state index in [-0.39, 0.29) is 0 Å². The van der Waals surface area contributed by atoms with Gasteiger partial charge < -0.3 is 5.32 Å². The number of benzene rings is 1. The lowest BCUT2D eigenvalue weighted by atomic mass is 9.65. The zero-order valence-electron chi connectivity index (χ0n) is 13.4. The summed E-state index contributed by atoms with van der Waals surface area (Å²) in [5.74, 6) is 1.33. The Morgan fingerprint density at radius 3 is 2.86 bits per heavy atom.